The molecule has 3 rings (SSSR count). The Morgan fingerprint density at radius 1 is 1.44 bits per heavy atom. The van der Waals surface area contributed by atoms with Gasteiger partial charge in [0.15, 0.2) is 0 Å². The van der Waals surface area contributed by atoms with Gasteiger partial charge in [-0.25, -0.2) is 0 Å². The van der Waals surface area contributed by atoms with Crippen molar-refractivity contribution in [1.82, 2.24) is 4.90 Å². The van der Waals surface area contributed by atoms with Gasteiger partial charge in [-0.05, 0) is 42.5 Å². The molecule has 1 saturated carbocycles. The zero-order valence-electron chi connectivity index (χ0n) is 10.5. The van der Waals surface area contributed by atoms with Gasteiger partial charge in [0, 0.05) is 30.4 Å². The lowest BCUT2D eigenvalue weighted by Gasteiger charge is -2.18. The van der Waals surface area contributed by atoms with E-state index in [1.54, 1.807) is 11.3 Å². The van der Waals surface area contributed by atoms with E-state index in [1.165, 1.54) is 11.3 Å². The number of hydrogen-bond donors (Lipinski definition) is 1. The predicted molar refractivity (Wildman–Crippen MR) is 73.4 cm³/mol. The number of amides is 1. The van der Waals surface area contributed by atoms with Crippen LogP contribution in [0.4, 0.5) is 0 Å². The molecular formula is C14H20N2OS. The van der Waals surface area contributed by atoms with Crippen molar-refractivity contribution in [1.29, 1.82) is 0 Å². The molecule has 3 nitrogen and oxygen atoms in total. The molecule has 0 unspecified atom stereocenters. The van der Waals surface area contributed by atoms with Crippen molar-refractivity contribution < 1.29 is 4.79 Å². The lowest BCUT2D eigenvalue weighted by Crippen LogP contribution is -2.33. The van der Waals surface area contributed by atoms with Gasteiger partial charge in [0.2, 0.25) is 5.91 Å². The summed E-state index contributed by atoms with van der Waals surface area (Å²) < 4.78 is 0. The molecule has 0 radical (unpaired) electrons. The van der Waals surface area contributed by atoms with Crippen LogP contribution in [-0.2, 0) is 11.2 Å². The van der Waals surface area contributed by atoms with Crippen LogP contribution >= 0.6 is 11.3 Å². The third kappa shape index (κ3) is 2.31. The third-order valence-electron chi connectivity index (χ3n) is 4.43. The first-order chi connectivity index (χ1) is 8.74. The Morgan fingerprint density at radius 3 is 3.06 bits per heavy atom. The number of likely N-dealkylation sites (tertiary alicyclic amines) is 1. The second kappa shape index (κ2) is 5.02. The third-order valence-corrected chi connectivity index (χ3v) is 5.37. The molecule has 1 aliphatic heterocycles. The molecule has 2 heterocycles. The van der Waals surface area contributed by atoms with E-state index in [2.05, 4.69) is 11.4 Å². The zero-order chi connectivity index (χ0) is 12.5. The maximum atomic E-state index is 12.2. The number of rotatable bonds is 3. The Bertz CT molecular complexity index is 417. The number of hydrogen-bond acceptors (Lipinski definition) is 3. The Kier molecular flexibility index (Phi) is 3.39. The highest BCUT2D eigenvalue weighted by Gasteiger charge is 2.42. The molecule has 1 saturated heterocycles. The largest absolute Gasteiger partial charge is 0.342 e. The van der Waals surface area contributed by atoms with E-state index in [0.717, 1.165) is 25.9 Å². The average Bonchev–Trinajstić information content (AvgIpc) is 3.05. The summed E-state index contributed by atoms with van der Waals surface area (Å²) in [6.45, 7) is 1.84. The highest BCUT2D eigenvalue weighted by atomic mass is 32.1. The van der Waals surface area contributed by atoms with E-state index in [9.17, 15) is 4.79 Å². The van der Waals surface area contributed by atoms with Crippen molar-refractivity contribution in [3.63, 3.8) is 0 Å². The molecule has 98 valence electrons. The molecule has 2 fully saturated rings. The molecule has 1 aromatic heterocycles. The quantitative estimate of drug-likeness (QED) is 0.906. The van der Waals surface area contributed by atoms with Gasteiger partial charge >= 0.3 is 0 Å². The molecule has 1 aliphatic carbocycles. The molecular weight excluding hydrogens is 244 g/mol. The first kappa shape index (κ1) is 12.2. The van der Waals surface area contributed by atoms with Gasteiger partial charge in [-0.15, -0.1) is 11.3 Å². The molecule has 4 heteroatoms. The van der Waals surface area contributed by atoms with Crippen LogP contribution in [0.5, 0.6) is 0 Å². The number of nitrogens with zero attached hydrogens (tertiary/aromatic N) is 1. The number of carbonyl (C=O) groups is 1. The summed E-state index contributed by atoms with van der Waals surface area (Å²) in [4.78, 5) is 15.5. The first-order valence-corrected chi connectivity index (χ1v) is 7.68. The van der Waals surface area contributed by atoms with Crippen molar-refractivity contribution in [3.05, 3.63) is 22.4 Å². The highest BCUT2D eigenvalue weighted by Crippen LogP contribution is 2.37. The van der Waals surface area contributed by atoms with E-state index >= 15 is 0 Å². The van der Waals surface area contributed by atoms with Crippen molar-refractivity contribution in [2.45, 2.75) is 31.7 Å². The summed E-state index contributed by atoms with van der Waals surface area (Å²) in [5.41, 5.74) is 6.10. The topological polar surface area (TPSA) is 46.3 Å². The minimum Gasteiger partial charge on any atom is -0.342 e. The second-order valence-corrected chi connectivity index (χ2v) is 6.58. The van der Waals surface area contributed by atoms with Gasteiger partial charge in [0.1, 0.15) is 0 Å². The van der Waals surface area contributed by atoms with Gasteiger partial charge < -0.3 is 10.6 Å². The molecule has 3 atom stereocenters. The minimum atomic E-state index is 0.310. The van der Waals surface area contributed by atoms with Crippen LogP contribution in [0.15, 0.2) is 17.5 Å². The number of carbonyl (C=O) groups excluding carboxylic acids is 1. The highest BCUT2D eigenvalue weighted by molar-refractivity contribution is 7.09. The molecule has 18 heavy (non-hydrogen) atoms. The molecule has 1 amide bonds. The molecule has 2 aliphatic rings. The van der Waals surface area contributed by atoms with Gasteiger partial charge in [0.25, 0.3) is 0 Å². The van der Waals surface area contributed by atoms with Gasteiger partial charge in [-0.3, -0.25) is 4.79 Å². The van der Waals surface area contributed by atoms with E-state index in [-0.39, 0.29) is 0 Å². The number of aryl methyl sites for hydroxylation is 1. The van der Waals surface area contributed by atoms with Crippen molar-refractivity contribution in [2.75, 3.05) is 13.1 Å². The lowest BCUT2D eigenvalue weighted by atomic mass is 9.98. The number of nitrogens with two attached hydrogens (primary N) is 1. The van der Waals surface area contributed by atoms with Gasteiger partial charge in [-0.1, -0.05) is 6.07 Å². The van der Waals surface area contributed by atoms with Crippen LogP contribution in [0, 0.1) is 11.8 Å². The van der Waals surface area contributed by atoms with Crippen LogP contribution in [0.25, 0.3) is 0 Å². The Hall–Kier alpha value is -0.870. The lowest BCUT2D eigenvalue weighted by molar-refractivity contribution is -0.130. The van der Waals surface area contributed by atoms with E-state index in [4.69, 9.17) is 5.73 Å². The first-order valence-electron chi connectivity index (χ1n) is 6.80. The fourth-order valence-electron chi connectivity index (χ4n) is 3.35. The fraction of sp³-hybridized carbons (Fsp3) is 0.643. The maximum absolute atomic E-state index is 12.2. The Labute approximate surface area is 112 Å². The smallest absolute Gasteiger partial charge is 0.222 e. The summed E-state index contributed by atoms with van der Waals surface area (Å²) in [6, 6.07) is 4.47. The Balaban J connectivity index is 1.52. The molecule has 0 bridgehead atoms. The van der Waals surface area contributed by atoms with Crippen molar-refractivity contribution in [2.24, 2.45) is 17.6 Å². The van der Waals surface area contributed by atoms with Crippen LogP contribution in [0.2, 0.25) is 0 Å². The number of fused-ring (bicyclic) bond motifs is 1. The summed E-state index contributed by atoms with van der Waals surface area (Å²) >= 11 is 1.73. The van der Waals surface area contributed by atoms with Crippen LogP contribution in [0.3, 0.4) is 0 Å². The zero-order valence-corrected chi connectivity index (χ0v) is 11.4. The minimum absolute atomic E-state index is 0.310. The van der Waals surface area contributed by atoms with Crippen LogP contribution in [-0.4, -0.2) is 29.9 Å². The summed E-state index contributed by atoms with van der Waals surface area (Å²) in [5.74, 6) is 1.55. The molecule has 0 spiro atoms. The van der Waals surface area contributed by atoms with Crippen LogP contribution in [0.1, 0.15) is 24.1 Å². The van der Waals surface area contributed by atoms with E-state index in [1.807, 2.05) is 11.0 Å². The van der Waals surface area contributed by atoms with Gasteiger partial charge in [0.05, 0.1) is 0 Å². The fourth-order valence-corrected chi connectivity index (χ4v) is 4.06. The summed E-state index contributed by atoms with van der Waals surface area (Å²) in [7, 11) is 0. The second-order valence-electron chi connectivity index (χ2n) is 5.54. The molecule has 1 aromatic rings. The van der Waals surface area contributed by atoms with Crippen LogP contribution < -0.4 is 5.73 Å². The van der Waals surface area contributed by atoms with E-state index < -0.39 is 0 Å². The molecule has 2 N–H and O–H groups in total. The van der Waals surface area contributed by atoms with E-state index in [0.29, 0.717) is 30.2 Å². The van der Waals surface area contributed by atoms with Crippen molar-refractivity contribution >= 4 is 17.2 Å². The number of thiophene rings is 1. The Morgan fingerprint density at radius 2 is 2.33 bits per heavy atom. The maximum Gasteiger partial charge on any atom is 0.222 e. The van der Waals surface area contributed by atoms with Gasteiger partial charge in [-0.2, -0.15) is 0 Å². The standard InChI is InChI=1S/C14H20N2OS/c15-13-5-3-10-8-16(9-12(10)13)14(17)6-4-11-2-1-7-18-11/h1-2,7,10,12-13H,3-6,8-9,15H2/t10-,12+,13-/m1/s1. The average molecular weight is 264 g/mol. The predicted octanol–water partition coefficient (Wildman–Crippen LogP) is 1.88. The van der Waals surface area contributed by atoms with Crippen molar-refractivity contribution in [3.8, 4) is 0 Å². The normalized spacial score (nSPS) is 30.7. The SMILES string of the molecule is N[C@@H]1CC[C@@H]2CN(C(=O)CCc3cccs3)C[C@@H]21. The molecule has 0 aromatic carbocycles. The monoisotopic (exact) mass is 264 g/mol. The summed E-state index contributed by atoms with van der Waals surface area (Å²) in [5, 5.41) is 2.07. The summed E-state index contributed by atoms with van der Waals surface area (Å²) in [6.07, 6.45) is 3.89.